The van der Waals surface area contributed by atoms with Gasteiger partial charge in [0.05, 0.1) is 11.2 Å². The Balaban J connectivity index is 1.86. The molecule has 1 aromatic carbocycles. The fourth-order valence-corrected chi connectivity index (χ4v) is 2.55. The summed E-state index contributed by atoms with van der Waals surface area (Å²) in [6.07, 6.45) is 6.10. The first kappa shape index (κ1) is 16.4. The number of amides is 2. The van der Waals surface area contributed by atoms with Crippen LogP contribution in [0.25, 0.3) is 0 Å². The molecule has 0 saturated heterocycles. The van der Waals surface area contributed by atoms with Crippen molar-refractivity contribution in [1.82, 2.24) is 10.7 Å². The van der Waals surface area contributed by atoms with Gasteiger partial charge in [-0.25, -0.2) is 9.82 Å². The van der Waals surface area contributed by atoms with Gasteiger partial charge in [-0.15, -0.1) is 0 Å². The Labute approximate surface area is 132 Å². The average Bonchev–Trinajstić information content (AvgIpc) is 2.51. The number of nitrogens with zero attached hydrogens (tertiary/aromatic N) is 1. The Morgan fingerprint density at radius 2 is 1.95 bits per heavy atom. The van der Waals surface area contributed by atoms with E-state index in [2.05, 4.69) is 15.8 Å². The summed E-state index contributed by atoms with van der Waals surface area (Å²) in [6, 6.07) is 4.23. The number of halogens is 2. The molecule has 2 rings (SSSR count). The van der Waals surface area contributed by atoms with Gasteiger partial charge < -0.3 is 5.32 Å². The summed E-state index contributed by atoms with van der Waals surface area (Å²) in [4.78, 5) is 23.3. The predicted octanol–water partition coefficient (Wildman–Crippen LogP) is 2.38. The minimum atomic E-state index is -0.880. The van der Waals surface area contributed by atoms with E-state index in [1.54, 1.807) is 0 Å². The second-order valence-electron chi connectivity index (χ2n) is 5.14. The van der Waals surface area contributed by atoms with Gasteiger partial charge in [0.15, 0.2) is 0 Å². The Hall–Kier alpha value is -1.95. The smallest absolute Gasteiger partial charge is 0.329 e. The zero-order valence-corrected chi connectivity index (χ0v) is 12.7. The van der Waals surface area contributed by atoms with Crippen molar-refractivity contribution in [3.63, 3.8) is 0 Å². The zero-order chi connectivity index (χ0) is 15.9. The lowest BCUT2D eigenvalue weighted by Crippen LogP contribution is -2.44. The molecule has 1 fully saturated rings. The molecule has 0 bridgehead atoms. The molecule has 0 radical (unpaired) electrons. The fourth-order valence-electron chi connectivity index (χ4n) is 2.34. The van der Waals surface area contributed by atoms with Crippen molar-refractivity contribution < 1.29 is 14.0 Å². The zero-order valence-electron chi connectivity index (χ0n) is 11.9. The van der Waals surface area contributed by atoms with Crippen molar-refractivity contribution in [1.29, 1.82) is 0 Å². The van der Waals surface area contributed by atoms with E-state index < -0.39 is 17.6 Å². The summed E-state index contributed by atoms with van der Waals surface area (Å²) in [5, 5.41) is 6.40. The Morgan fingerprint density at radius 3 is 2.64 bits per heavy atom. The van der Waals surface area contributed by atoms with Gasteiger partial charge in [-0.2, -0.15) is 5.10 Å². The van der Waals surface area contributed by atoms with E-state index in [1.165, 1.54) is 18.2 Å². The van der Waals surface area contributed by atoms with Crippen molar-refractivity contribution >= 4 is 29.6 Å². The van der Waals surface area contributed by atoms with Crippen molar-refractivity contribution in [2.45, 2.75) is 38.1 Å². The molecule has 1 aliphatic carbocycles. The van der Waals surface area contributed by atoms with E-state index in [1.807, 2.05) is 0 Å². The summed E-state index contributed by atoms with van der Waals surface area (Å²) >= 11 is 5.81. The highest BCUT2D eigenvalue weighted by Crippen LogP contribution is 2.17. The van der Waals surface area contributed by atoms with Crippen LogP contribution in [0.1, 0.15) is 37.7 Å². The highest BCUT2D eigenvalue weighted by Gasteiger charge is 2.19. The summed E-state index contributed by atoms with van der Waals surface area (Å²) in [7, 11) is 0. The summed E-state index contributed by atoms with van der Waals surface area (Å²) in [5.41, 5.74) is 2.12. The van der Waals surface area contributed by atoms with E-state index in [0.717, 1.165) is 38.3 Å². The first-order valence-corrected chi connectivity index (χ1v) is 7.53. The van der Waals surface area contributed by atoms with Gasteiger partial charge >= 0.3 is 11.8 Å². The molecular formula is C15H17ClFN3O2. The SMILES string of the molecule is O=C(N/N=C/c1c(F)cccc1Cl)C(=O)NC1CCCCC1. The maximum absolute atomic E-state index is 13.5. The van der Waals surface area contributed by atoms with Crippen LogP contribution in [-0.2, 0) is 9.59 Å². The minimum absolute atomic E-state index is 0.0389. The Morgan fingerprint density at radius 1 is 1.23 bits per heavy atom. The van der Waals surface area contributed by atoms with Crippen LogP contribution >= 0.6 is 11.6 Å². The monoisotopic (exact) mass is 325 g/mol. The lowest BCUT2D eigenvalue weighted by Gasteiger charge is -2.22. The van der Waals surface area contributed by atoms with E-state index in [-0.39, 0.29) is 16.6 Å². The maximum atomic E-state index is 13.5. The second kappa shape index (κ2) is 7.89. The Kier molecular flexibility index (Phi) is 5.89. The molecule has 2 N–H and O–H groups in total. The van der Waals surface area contributed by atoms with Crippen LogP contribution in [0.2, 0.25) is 5.02 Å². The fraction of sp³-hybridized carbons (Fsp3) is 0.400. The van der Waals surface area contributed by atoms with Crippen LogP contribution in [0.5, 0.6) is 0 Å². The summed E-state index contributed by atoms with van der Waals surface area (Å²) in [5.74, 6) is -2.17. The van der Waals surface area contributed by atoms with Crippen LogP contribution in [0.4, 0.5) is 4.39 Å². The van der Waals surface area contributed by atoms with Crippen molar-refractivity contribution in [3.05, 3.63) is 34.6 Å². The number of hydrogen-bond acceptors (Lipinski definition) is 3. The number of carbonyl (C=O) groups excluding carboxylic acids is 2. The number of rotatable bonds is 3. The molecule has 0 spiro atoms. The molecule has 0 heterocycles. The first-order valence-electron chi connectivity index (χ1n) is 7.16. The van der Waals surface area contributed by atoms with Gasteiger partial charge in [-0.1, -0.05) is 36.9 Å². The highest BCUT2D eigenvalue weighted by atomic mass is 35.5. The molecule has 1 aliphatic rings. The molecule has 0 aliphatic heterocycles. The lowest BCUT2D eigenvalue weighted by atomic mass is 9.95. The summed E-state index contributed by atoms with van der Waals surface area (Å²) < 4.78 is 13.5. The van der Waals surface area contributed by atoms with Gasteiger partial charge in [-0.05, 0) is 25.0 Å². The summed E-state index contributed by atoms with van der Waals surface area (Å²) in [6.45, 7) is 0. The number of benzene rings is 1. The van der Waals surface area contributed by atoms with Crippen LogP contribution < -0.4 is 10.7 Å². The standard InChI is InChI=1S/C15H17ClFN3O2/c16-12-7-4-8-13(17)11(12)9-18-20-15(22)14(21)19-10-5-2-1-3-6-10/h4,7-10H,1-3,5-6H2,(H,19,21)(H,20,22)/b18-9+. The van der Waals surface area contributed by atoms with E-state index in [9.17, 15) is 14.0 Å². The topological polar surface area (TPSA) is 70.6 Å². The number of hydrazone groups is 1. The molecule has 5 nitrogen and oxygen atoms in total. The van der Waals surface area contributed by atoms with Gasteiger partial charge in [-0.3, -0.25) is 9.59 Å². The van der Waals surface area contributed by atoms with Crippen molar-refractivity contribution in [2.24, 2.45) is 5.10 Å². The minimum Gasteiger partial charge on any atom is -0.345 e. The maximum Gasteiger partial charge on any atom is 0.329 e. The van der Waals surface area contributed by atoms with E-state index in [0.29, 0.717) is 0 Å². The third-order valence-corrected chi connectivity index (χ3v) is 3.84. The molecule has 118 valence electrons. The third kappa shape index (κ3) is 4.53. The second-order valence-corrected chi connectivity index (χ2v) is 5.55. The molecule has 1 saturated carbocycles. The van der Waals surface area contributed by atoms with Crippen LogP contribution in [0, 0.1) is 5.82 Å². The molecule has 22 heavy (non-hydrogen) atoms. The molecule has 0 atom stereocenters. The quantitative estimate of drug-likeness (QED) is 0.509. The third-order valence-electron chi connectivity index (χ3n) is 3.51. The van der Waals surface area contributed by atoms with Crippen molar-refractivity contribution in [2.75, 3.05) is 0 Å². The molecule has 2 amide bonds. The predicted molar refractivity (Wildman–Crippen MR) is 82.2 cm³/mol. The van der Waals surface area contributed by atoms with Gasteiger partial charge in [0.1, 0.15) is 5.82 Å². The van der Waals surface area contributed by atoms with Crippen molar-refractivity contribution in [3.8, 4) is 0 Å². The molecule has 1 aromatic rings. The van der Waals surface area contributed by atoms with Crippen LogP contribution in [0.3, 0.4) is 0 Å². The highest BCUT2D eigenvalue weighted by molar-refractivity contribution is 6.35. The van der Waals surface area contributed by atoms with Gasteiger partial charge in [0.25, 0.3) is 0 Å². The molecule has 7 heteroatoms. The van der Waals surface area contributed by atoms with E-state index in [4.69, 9.17) is 11.6 Å². The van der Waals surface area contributed by atoms with Crippen LogP contribution in [-0.4, -0.2) is 24.1 Å². The Bertz CT molecular complexity index is 566. The first-order chi connectivity index (χ1) is 10.6. The van der Waals surface area contributed by atoms with E-state index >= 15 is 0 Å². The molecule has 0 unspecified atom stereocenters. The van der Waals surface area contributed by atoms with Gasteiger partial charge in [0.2, 0.25) is 0 Å². The lowest BCUT2D eigenvalue weighted by molar-refractivity contribution is -0.139. The van der Waals surface area contributed by atoms with Crippen LogP contribution in [0.15, 0.2) is 23.3 Å². The number of carbonyl (C=O) groups is 2. The largest absolute Gasteiger partial charge is 0.345 e. The average molecular weight is 326 g/mol. The van der Waals surface area contributed by atoms with Gasteiger partial charge in [0, 0.05) is 11.6 Å². The normalized spacial score (nSPS) is 15.7. The molecule has 0 aromatic heterocycles. The number of hydrogen-bond donors (Lipinski definition) is 2. The molecular weight excluding hydrogens is 309 g/mol. The number of nitrogens with one attached hydrogen (secondary N) is 2.